The van der Waals surface area contributed by atoms with Gasteiger partial charge in [0, 0.05) is 19.5 Å². The van der Waals surface area contributed by atoms with Crippen molar-refractivity contribution in [2.45, 2.75) is 24.2 Å². The molecule has 2 heterocycles. The Morgan fingerprint density at radius 3 is 2.65 bits per heavy atom. The van der Waals surface area contributed by atoms with Crippen molar-refractivity contribution < 1.29 is 22.7 Å². The van der Waals surface area contributed by atoms with Gasteiger partial charge < -0.3 is 14.4 Å². The maximum absolute atomic E-state index is 12.5. The molecule has 126 valence electrons. The lowest BCUT2D eigenvalue weighted by Crippen LogP contribution is -2.36. The molecule has 0 aliphatic carbocycles. The number of sulfone groups is 1. The van der Waals surface area contributed by atoms with Crippen molar-refractivity contribution in [3.63, 3.8) is 0 Å². The molecule has 2 saturated heterocycles. The quantitative estimate of drug-likeness (QED) is 0.821. The van der Waals surface area contributed by atoms with Gasteiger partial charge in [-0.25, -0.2) is 13.2 Å². The first-order chi connectivity index (χ1) is 11.1. The minimum atomic E-state index is -3.28. The van der Waals surface area contributed by atoms with E-state index in [0.717, 1.165) is 5.56 Å². The number of ether oxygens (including phenoxy) is 2. The van der Waals surface area contributed by atoms with E-state index in [1.807, 2.05) is 30.3 Å². The highest BCUT2D eigenvalue weighted by atomic mass is 32.2. The summed E-state index contributed by atoms with van der Waals surface area (Å²) in [5.41, 5.74) is 0.784. The van der Waals surface area contributed by atoms with Gasteiger partial charge in [-0.05, 0) is 12.0 Å². The molecule has 0 unspecified atom stereocenters. The van der Waals surface area contributed by atoms with Gasteiger partial charge in [0.15, 0.2) is 9.84 Å². The first kappa shape index (κ1) is 16.3. The van der Waals surface area contributed by atoms with Gasteiger partial charge in [0.05, 0.1) is 24.2 Å². The fraction of sp³-hybridized carbons (Fsp3) is 0.562. The number of hydrogen-bond acceptors (Lipinski definition) is 5. The van der Waals surface area contributed by atoms with Gasteiger partial charge in [0.1, 0.15) is 6.10 Å². The molecule has 7 heteroatoms. The molecule has 1 aromatic carbocycles. The molecule has 2 aliphatic heterocycles. The van der Waals surface area contributed by atoms with Gasteiger partial charge in [0.2, 0.25) is 0 Å². The lowest BCUT2D eigenvalue weighted by Gasteiger charge is -2.21. The van der Waals surface area contributed by atoms with Crippen LogP contribution in [0.25, 0.3) is 0 Å². The van der Waals surface area contributed by atoms with Gasteiger partial charge in [-0.15, -0.1) is 0 Å². The van der Waals surface area contributed by atoms with Gasteiger partial charge >= 0.3 is 6.09 Å². The first-order valence-corrected chi connectivity index (χ1v) is 9.57. The van der Waals surface area contributed by atoms with Crippen molar-refractivity contribution in [3.05, 3.63) is 35.9 Å². The van der Waals surface area contributed by atoms with Gasteiger partial charge in [-0.3, -0.25) is 0 Å². The fourth-order valence-electron chi connectivity index (χ4n) is 2.99. The van der Waals surface area contributed by atoms with Gasteiger partial charge in [-0.2, -0.15) is 0 Å². The van der Waals surface area contributed by atoms with Crippen molar-refractivity contribution in [2.24, 2.45) is 0 Å². The first-order valence-electron chi connectivity index (χ1n) is 7.86. The van der Waals surface area contributed by atoms with Crippen LogP contribution in [0.15, 0.2) is 30.3 Å². The van der Waals surface area contributed by atoms with E-state index in [1.54, 1.807) is 0 Å². The van der Waals surface area contributed by atoms with Crippen LogP contribution < -0.4 is 0 Å². The maximum atomic E-state index is 12.5. The Kier molecular flexibility index (Phi) is 4.87. The number of amides is 1. The molecule has 2 fully saturated rings. The number of hydrogen-bond donors (Lipinski definition) is 0. The average Bonchev–Trinajstić information content (AvgIpc) is 2.98. The topological polar surface area (TPSA) is 72.9 Å². The molecule has 0 N–H and O–H groups in total. The van der Waals surface area contributed by atoms with Crippen LogP contribution in [0, 0.1) is 0 Å². The van der Waals surface area contributed by atoms with E-state index < -0.39 is 21.2 Å². The molecule has 2 aliphatic rings. The molecule has 0 bridgehead atoms. The summed E-state index contributed by atoms with van der Waals surface area (Å²) in [4.78, 5) is 13.7. The monoisotopic (exact) mass is 339 g/mol. The molecule has 0 aromatic heterocycles. The third-order valence-corrected chi connectivity index (χ3v) is 6.45. The summed E-state index contributed by atoms with van der Waals surface area (Å²) in [6, 6.07) is 9.18. The number of nitrogens with zero attached hydrogens (tertiary/aromatic N) is 1. The van der Waals surface area contributed by atoms with E-state index >= 15 is 0 Å². The molecule has 1 aromatic rings. The third kappa shape index (κ3) is 3.84. The van der Waals surface area contributed by atoms with Gasteiger partial charge in [0.25, 0.3) is 0 Å². The van der Waals surface area contributed by atoms with Crippen LogP contribution >= 0.6 is 0 Å². The van der Waals surface area contributed by atoms with Crippen LogP contribution in [-0.4, -0.2) is 57.6 Å². The third-order valence-electron chi connectivity index (χ3n) is 4.33. The maximum Gasteiger partial charge on any atom is 0.410 e. The molecule has 0 spiro atoms. The molecular formula is C16H21NO5S. The normalized spacial score (nSPS) is 27.4. The van der Waals surface area contributed by atoms with Gasteiger partial charge in [-0.1, -0.05) is 30.3 Å². The Labute approximate surface area is 136 Å². The Morgan fingerprint density at radius 2 is 1.96 bits per heavy atom. The molecule has 2 atom stereocenters. The van der Waals surface area contributed by atoms with Crippen molar-refractivity contribution in [1.29, 1.82) is 0 Å². The van der Waals surface area contributed by atoms with E-state index in [9.17, 15) is 13.2 Å². The zero-order valence-corrected chi connectivity index (χ0v) is 13.7. The van der Waals surface area contributed by atoms with Crippen molar-refractivity contribution in [2.75, 3.05) is 32.1 Å². The number of carbonyl (C=O) groups is 1. The van der Waals surface area contributed by atoms with E-state index in [1.165, 1.54) is 4.90 Å². The fourth-order valence-corrected chi connectivity index (χ4v) is 4.79. The minimum absolute atomic E-state index is 0.0389. The average molecular weight is 339 g/mol. The summed E-state index contributed by atoms with van der Waals surface area (Å²) in [7, 11) is -3.28. The minimum Gasteiger partial charge on any atom is -0.444 e. The van der Waals surface area contributed by atoms with E-state index in [-0.39, 0.29) is 18.4 Å². The van der Waals surface area contributed by atoms with Crippen LogP contribution in [0.5, 0.6) is 0 Å². The smallest absolute Gasteiger partial charge is 0.410 e. The predicted molar refractivity (Wildman–Crippen MR) is 84.9 cm³/mol. The standard InChI is InChI=1S/C16H21NO5S/c18-16(22-14-7-10-21-12-14)17-8-6-15(23(19,20)11-9-17)13-4-2-1-3-5-13/h1-5,14-15H,6-12H2/t14-,15+/m1/s1. The van der Waals surface area contributed by atoms with E-state index in [4.69, 9.17) is 9.47 Å². The molecule has 1 amide bonds. The molecule has 23 heavy (non-hydrogen) atoms. The molecule has 6 nitrogen and oxygen atoms in total. The Hall–Kier alpha value is -1.60. The molecular weight excluding hydrogens is 318 g/mol. The van der Waals surface area contributed by atoms with Crippen LogP contribution in [0.1, 0.15) is 23.7 Å². The van der Waals surface area contributed by atoms with Crippen LogP contribution in [-0.2, 0) is 19.3 Å². The van der Waals surface area contributed by atoms with E-state index in [2.05, 4.69) is 0 Å². The number of benzene rings is 1. The molecule has 0 saturated carbocycles. The van der Waals surface area contributed by atoms with Crippen molar-refractivity contribution >= 4 is 15.9 Å². The highest BCUT2D eigenvalue weighted by Crippen LogP contribution is 2.29. The van der Waals surface area contributed by atoms with Crippen molar-refractivity contribution in [3.8, 4) is 0 Å². The SMILES string of the molecule is O=C(O[C@@H]1CCOC1)N1CC[C@@H](c2ccccc2)S(=O)(=O)CC1. The Morgan fingerprint density at radius 1 is 1.17 bits per heavy atom. The zero-order valence-electron chi connectivity index (χ0n) is 12.9. The Balaban J connectivity index is 1.68. The Bertz CT molecular complexity index is 640. The van der Waals surface area contributed by atoms with Crippen molar-refractivity contribution in [1.82, 2.24) is 4.90 Å². The zero-order chi connectivity index (χ0) is 16.3. The van der Waals surface area contributed by atoms with Crippen LogP contribution in [0.2, 0.25) is 0 Å². The number of rotatable bonds is 2. The van der Waals surface area contributed by atoms with Crippen LogP contribution in [0.4, 0.5) is 4.79 Å². The lowest BCUT2D eigenvalue weighted by molar-refractivity contribution is 0.0560. The molecule has 0 radical (unpaired) electrons. The highest BCUT2D eigenvalue weighted by molar-refractivity contribution is 7.91. The number of carbonyl (C=O) groups excluding carboxylic acids is 1. The highest BCUT2D eigenvalue weighted by Gasteiger charge is 2.33. The van der Waals surface area contributed by atoms with E-state index in [0.29, 0.717) is 32.6 Å². The second kappa shape index (κ2) is 6.88. The van der Waals surface area contributed by atoms with Crippen LogP contribution in [0.3, 0.4) is 0 Å². The predicted octanol–water partition coefficient (Wildman–Crippen LogP) is 1.77. The second-order valence-electron chi connectivity index (χ2n) is 5.91. The summed E-state index contributed by atoms with van der Waals surface area (Å²) in [6.07, 6.45) is 0.435. The molecule has 3 rings (SSSR count). The summed E-state index contributed by atoms with van der Waals surface area (Å²) >= 11 is 0. The second-order valence-corrected chi connectivity index (χ2v) is 8.21. The summed E-state index contributed by atoms with van der Waals surface area (Å²) in [6.45, 7) is 1.58. The summed E-state index contributed by atoms with van der Waals surface area (Å²) < 4.78 is 35.6. The summed E-state index contributed by atoms with van der Waals surface area (Å²) in [5, 5.41) is -0.559. The lowest BCUT2D eigenvalue weighted by atomic mass is 10.1. The summed E-state index contributed by atoms with van der Waals surface area (Å²) in [5.74, 6) is -0.0389. The largest absolute Gasteiger partial charge is 0.444 e.